The number of hydrogen-bond donors (Lipinski definition) is 1. The summed E-state index contributed by atoms with van der Waals surface area (Å²) >= 11 is 0. The number of hydrogen-bond acceptors (Lipinski definition) is 2. The summed E-state index contributed by atoms with van der Waals surface area (Å²) in [5.74, 6) is -1.94. The molecule has 1 saturated carbocycles. The molecule has 1 fully saturated rings. The van der Waals surface area contributed by atoms with Crippen LogP contribution in [0.2, 0.25) is 0 Å². The van der Waals surface area contributed by atoms with Gasteiger partial charge in [-0.25, -0.2) is 8.78 Å². The molecule has 25 heavy (non-hydrogen) atoms. The second kappa shape index (κ2) is 6.78. The van der Waals surface area contributed by atoms with Crippen LogP contribution >= 0.6 is 0 Å². The van der Waals surface area contributed by atoms with E-state index in [1.54, 1.807) is 13.1 Å². The highest BCUT2D eigenvalue weighted by Gasteiger charge is 2.26. The highest BCUT2D eigenvalue weighted by Crippen LogP contribution is 2.35. The highest BCUT2D eigenvalue weighted by molar-refractivity contribution is 5.94. The minimum absolute atomic E-state index is 0.0402. The van der Waals surface area contributed by atoms with Crippen molar-refractivity contribution < 1.29 is 13.6 Å². The molecule has 6 heteroatoms. The number of halogens is 2. The number of aromatic nitrogens is 1. The van der Waals surface area contributed by atoms with Crippen molar-refractivity contribution in [2.75, 3.05) is 0 Å². The third-order valence-corrected chi connectivity index (χ3v) is 4.52. The number of rotatable bonds is 5. The Labute approximate surface area is 144 Å². The van der Waals surface area contributed by atoms with E-state index in [0.717, 1.165) is 30.7 Å². The van der Waals surface area contributed by atoms with Gasteiger partial charge in [0.2, 0.25) is 0 Å². The summed E-state index contributed by atoms with van der Waals surface area (Å²) in [5, 5.41) is 2.69. The molecule has 0 aliphatic heterocycles. The summed E-state index contributed by atoms with van der Waals surface area (Å²) < 4.78 is 29.0. The summed E-state index contributed by atoms with van der Waals surface area (Å²) in [6.07, 6.45) is 4.06. The van der Waals surface area contributed by atoms with Gasteiger partial charge in [0.15, 0.2) is 5.43 Å². The van der Waals surface area contributed by atoms with Gasteiger partial charge in [-0.05, 0) is 32.3 Å². The van der Waals surface area contributed by atoms with Gasteiger partial charge >= 0.3 is 0 Å². The first-order valence-electron chi connectivity index (χ1n) is 8.39. The normalized spacial score (nSPS) is 15.0. The molecule has 3 rings (SSSR count). The van der Waals surface area contributed by atoms with Gasteiger partial charge in [-0.15, -0.1) is 0 Å². The lowest BCUT2D eigenvalue weighted by Crippen LogP contribution is -2.33. The summed E-state index contributed by atoms with van der Waals surface area (Å²) in [6.45, 7) is 3.62. The molecule has 132 valence electrons. The van der Waals surface area contributed by atoms with Gasteiger partial charge in [0, 0.05) is 35.6 Å². The summed E-state index contributed by atoms with van der Waals surface area (Å²) in [5.41, 5.74) is 0.701. The predicted molar refractivity (Wildman–Crippen MR) is 90.6 cm³/mol. The van der Waals surface area contributed by atoms with E-state index in [0.29, 0.717) is 12.5 Å². The van der Waals surface area contributed by atoms with Crippen molar-refractivity contribution >= 4 is 5.91 Å². The molecule has 1 aliphatic rings. The maximum Gasteiger partial charge on any atom is 0.257 e. The molecular weight excluding hydrogens is 326 g/mol. The van der Waals surface area contributed by atoms with Gasteiger partial charge in [0.05, 0.1) is 6.04 Å². The molecule has 1 amide bonds. The largest absolute Gasteiger partial charge is 0.348 e. The van der Waals surface area contributed by atoms with Crippen molar-refractivity contribution in [1.82, 2.24) is 9.88 Å². The van der Waals surface area contributed by atoms with E-state index in [2.05, 4.69) is 5.32 Å². The lowest BCUT2D eigenvalue weighted by atomic mass is 10.0. The molecule has 0 spiro atoms. The Bertz CT molecular complexity index is 872. The molecular formula is C19H20F2N2O2. The number of aryl methyl sites for hydroxylation is 1. The van der Waals surface area contributed by atoms with Crippen molar-refractivity contribution in [3.63, 3.8) is 0 Å². The van der Waals surface area contributed by atoms with Crippen LogP contribution in [0.15, 0.2) is 35.3 Å². The number of amides is 1. The number of benzene rings is 1. The second-order valence-corrected chi connectivity index (χ2v) is 6.43. The number of nitrogens with zero attached hydrogens (tertiary/aromatic N) is 1. The van der Waals surface area contributed by atoms with Gasteiger partial charge in [0.1, 0.15) is 17.2 Å². The summed E-state index contributed by atoms with van der Waals surface area (Å²) in [4.78, 5) is 24.8. The average Bonchev–Trinajstić information content (AvgIpc) is 3.38. The summed E-state index contributed by atoms with van der Waals surface area (Å²) in [7, 11) is 0. The second-order valence-electron chi connectivity index (χ2n) is 6.43. The van der Waals surface area contributed by atoms with Crippen LogP contribution in [0, 0.1) is 18.6 Å². The molecule has 0 saturated heterocycles. The van der Waals surface area contributed by atoms with Crippen molar-refractivity contribution in [2.24, 2.45) is 0 Å². The van der Waals surface area contributed by atoms with Crippen LogP contribution in [-0.4, -0.2) is 10.5 Å². The molecule has 1 unspecified atom stereocenters. The smallest absolute Gasteiger partial charge is 0.257 e. The van der Waals surface area contributed by atoms with Gasteiger partial charge in [-0.2, -0.15) is 0 Å². The van der Waals surface area contributed by atoms with Crippen LogP contribution < -0.4 is 10.7 Å². The maximum atomic E-state index is 14.0. The zero-order valence-corrected chi connectivity index (χ0v) is 14.2. The van der Waals surface area contributed by atoms with E-state index in [9.17, 15) is 18.4 Å². The van der Waals surface area contributed by atoms with E-state index in [1.807, 2.05) is 11.5 Å². The van der Waals surface area contributed by atoms with Crippen molar-refractivity contribution in [1.29, 1.82) is 0 Å². The average molecular weight is 346 g/mol. The van der Waals surface area contributed by atoms with Crippen LogP contribution in [0.3, 0.4) is 0 Å². The topological polar surface area (TPSA) is 51.1 Å². The summed E-state index contributed by atoms with van der Waals surface area (Å²) in [6, 6.07) is 4.41. The van der Waals surface area contributed by atoms with E-state index in [1.165, 1.54) is 12.1 Å². The Hall–Kier alpha value is -2.50. The van der Waals surface area contributed by atoms with E-state index < -0.39 is 23.6 Å². The predicted octanol–water partition coefficient (Wildman–Crippen LogP) is 3.65. The number of pyridine rings is 1. The van der Waals surface area contributed by atoms with Crippen LogP contribution in [0.1, 0.15) is 59.9 Å². The van der Waals surface area contributed by atoms with Crippen LogP contribution in [-0.2, 0) is 0 Å². The Morgan fingerprint density at radius 1 is 1.32 bits per heavy atom. The maximum absolute atomic E-state index is 14.0. The van der Waals surface area contributed by atoms with Crippen LogP contribution in [0.25, 0.3) is 0 Å². The minimum atomic E-state index is -0.716. The highest BCUT2D eigenvalue weighted by atomic mass is 19.1. The number of carbonyl (C=O) groups is 1. The molecule has 0 radical (unpaired) electrons. The van der Waals surface area contributed by atoms with Gasteiger partial charge in [0.25, 0.3) is 5.91 Å². The molecule has 1 heterocycles. The van der Waals surface area contributed by atoms with Crippen molar-refractivity contribution in [2.45, 2.75) is 45.2 Å². The SMILES string of the molecule is CCC(NC(=O)c1cn(C2CC2)c(C)cc1=O)c1ccc(F)cc1F. The van der Waals surface area contributed by atoms with Gasteiger partial charge in [-0.1, -0.05) is 13.0 Å². The lowest BCUT2D eigenvalue weighted by molar-refractivity contribution is 0.0933. The van der Waals surface area contributed by atoms with Gasteiger partial charge < -0.3 is 9.88 Å². The fraction of sp³-hybridized carbons (Fsp3) is 0.368. The Morgan fingerprint density at radius 2 is 2.04 bits per heavy atom. The van der Waals surface area contributed by atoms with E-state index >= 15 is 0 Å². The number of carbonyl (C=O) groups excluding carboxylic acids is 1. The molecule has 4 nitrogen and oxygen atoms in total. The first kappa shape index (κ1) is 17.3. The molecule has 1 N–H and O–H groups in total. The van der Waals surface area contributed by atoms with E-state index in [4.69, 9.17) is 0 Å². The first-order chi connectivity index (χ1) is 11.9. The Kier molecular flexibility index (Phi) is 4.70. The monoisotopic (exact) mass is 346 g/mol. The van der Waals surface area contributed by atoms with Crippen LogP contribution in [0.5, 0.6) is 0 Å². The lowest BCUT2D eigenvalue weighted by Gasteiger charge is -2.19. The van der Waals surface area contributed by atoms with Crippen LogP contribution in [0.4, 0.5) is 8.78 Å². The zero-order valence-electron chi connectivity index (χ0n) is 14.2. The van der Waals surface area contributed by atoms with E-state index in [-0.39, 0.29) is 16.6 Å². The molecule has 1 aliphatic carbocycles. The molecule has 1 aromatic heterocycles. The molecule has 0 bridgehead atoms. The van der Waals surface area contributed by atoms with Crippen molar-refractivity contribution in [3.05, 3.63) is 69.1 Å². The van der Waals surface area contributed by atoms with Gasteiger partial charge in [-0.3, -0.25) is 9.59 Å². The minimum Gasteiger partial charge on any atom is -0.348 e. The third-order valence-electron chi connectivity index (χ3n) is 4.52. The fourth-order valence-corrected chi connectivity index (χ4v) is 2.98. The Morgan fingerprint density at radius 3 is 2.64 bits per heavy atom. The standard InChI is InChI=1S/C19H20F2N2O2/c1-3-17(14-7-4-12(20)9-16(14)21)22-19(25)15-10-23(13-5-6-13)11(2)8-18(15)24/h4,7-10,13,17H,3,5-6H2,1-2H3,(H,22,25). The molecule has 1 aromatic carbocycles. The number of nitrogens with one attached hydrogen (secondary N) is 1. The Balaban J connectivity index is 1.87. The molecule has 1 atom stereocenters. The molecule has 2 aromatic rings. The quantitative estimate of drug-likeness (QED) is 0.898. The van der Waals surface area contributed by atoms with Crippen molar-refractivity contribution in [3.8, 4) is 0 Å². The third kappa shape index (κ3) is 3.62. The zero-order chi connectivity index (χ0) is 18.1. The fourth-order valence-electron chi connectivity index (χ4n) is 2.98. The first-order valence-corrected chi connectivity index (χ1v) is 8.39.